The molecule has 1 atom stereocenters. The molecule has 2 nitrogen and oxygen atoms in total. The van der Waals surface area contributed by atoms with E-state index in [2.05, 4.69) is 43.2 Å². The maximum atomic E-state index is 11.4. The normalized spacial score (nSPS) is 12.1. The number of benzene rings is 3. The summed E-state index contributed by atoms with van der Waals surface area (Å²) >= 11 is 0. The summed E-state index contributed by atoms with van der Waals surface area (Å²) in [4.78, 5) is 1.28. The van der Waals surface area contributed by atoms with Crippen LogP contribution < -0.4 is 4.90 Å². The number of nitrogens with one attached hydrogen (secondary N) is 1. The molecule has 26 heavy (non-hydrogen) atoms. The standard InChI is InChI=1S/C24H23NO/c1-25(20-21-12-5-2-6-13-21)19-11-18-24(26,22-14-7-3-8-15-22)23-16-9-4-10-17-23/h2-10,12-17,26H,19-20H2,1H3/p+1. The van der Waals surface area contributed by atoms with E-state index in [-0.39, 0.29) is 0 Å². The van der Waals surface area contributed by atoms with Crippen molar-refractivity contribution in [2.45, 2.75) is 12.1 Å². The molecule has 0 heterocycles. The molecule has 0 bridgehead atoms. The largest absolute Gasteiger partial charge is 0.369 e. The highest BCUT2D eigenvalue weighted by molar-refractivity contribution is 5.44. The first kappa shape index (κ1) is 17.9. The van der Waals surface area contributed by atoms with Gasteiger partial charge in [-0.25, -0.2) is 0 Å². The van der Waals surface area contributed by atoms with Crippen LogP contribution in [-0.4, -0.2) is 18.7 Å². The Balaban J connectivity index is 1.80. The summed E-state index contributed by atoms with van der Waals surface area (Å²) in [7, 11) is 2.12. The molecule has 1 unspecified atom stereocenters. The summed E-state index contributed by atoms with van der Waals surface area (Å²) in [5.74, 6) is 6.34. The average molecular weight is 342 g/mol. The molecular weight excluding hydrogens is 318 g/mol. The Kier molecular flexibility index (Phi) is 5.86. The maximum Gasteiger partial charge on any atom is 0.177 e. The van der Waals surface area contributed by atoms with Gasteiger partial charge in [-0.1, -0.05) is 96.9 Å². The monoisotopic (exact) mass is 342 g/mol. The summed E-state index contributed by atoms with van der Waals surface area (Å²) in [5, 5.41) is 11.4. The van der Waals surface area contributed by atoms with Gasteiger partial charge < -0.3 is 10.0 Å². The number of hydrogen-bond donors (Lipinski definition) is 2. The molecule has 0 aliphatic heterocycles. The van der Waals surface area contributed by atoms with E-state index >= 15 is 0 Å². The third-order valence-electron chi connectivity index (χ3n) is 4.39. The first-order chi connectivity index (χ1) is 12.7. The van der Waals surface area contributed by atoms with Crippen LogP contribution in [0.1, 0.15) is 16.7 Å². The van der Waals surface area contributed by atoms with Gasteiger partial charge in [-0.15, -0.1) is 0 Å². The lowest BCUT2D eigenvalue weighted by Crippen LogP contribution is -3.07. The molecule has 0 saturated carbocycles. The summed E-state index contributed by atoms with van der Waals surface area (Å²) in [5.41, 5.74) is 1.57. The van der Waals surface area contributed by atoms with E-state index in [4.69, 9.17) is 0 Å². The molecule has 130 valence electrons. The van der Waals surface area contributed by atoms with Crippen molar-refractivity contribution in [2.24, 2.45) is 0 Å². The number of quaternary nitrogens is 1. The van der Waals surface area contributed by atoms with E-state index in [0.29, 0.717) is 6.54 Å². The lowest BCUT2D eigenvalue weighted by Gasteiger charge is -2.23. The fourth-order valence-electron chi connectivity index (χ4n) is 3.00. The Bertz CT molecular complexity index is 824. The second kappa shape index (κ2) is 8.49. The van der Waals surface area contributed by atoms with E-state index in [1.54, 1.807) is 0 Å². The van der Waals surface area contributed by atoms with Crippen LogP contribution in [0, 0.1) is 11.8 Å². The van der Waals surface area contributed by atoms with Crippen LogP contribution in [0.25, 0.3) is 0 Å². The minimum Gasteiger partial charge on any atom is -0.369 e. The van der Waals surface area contributed by atoms with Crippen LogP contribution in [-0.2, 0) is 12.1 Å². The molecular formula is C24H24NO+. The van der Waals surface area contributed by atoms with Crippen molar-refractivity contribution in [3.8, 4) is 11.8 Å². The van der Waals surface area contributed by atoms with Crippen molar-refractivity contribution in [3.63, 3.8) is 0 Å². The Morgan fingerprint density at radius 1 is 0.769 bits per heavy atom. The SMILES string of the molecule is C[NH+](CC#CC(O)(c1ccccc1)c1ccccc1)Cc1ccccc1. The number of hydrogen-bond acceptors (Lipinski definition) is 1. The van der Waals surface area contributed by atoms with Crippen molar-refractivity contribution in [2.75, 3.05) is 13.6 Å². The highest BCUT2D eigenvalue weighted by Crippen LogP contribution is 2.28. The topological polar surface area (TPSA) is 24.7 Å². The fourth-order valence-corrected chi connectivity index (χ4v) is 3.00. The van der Waals surface area contributed by atoms with Gasteiger partial charge in [0.1, 0.15) is 13.1 Å². The van der Waals surface area contributed by atoms with Crippen LogP contribution in [0.4, 0.5) is 0 Å². The molecule has 0 aliphatic rings. The highest BCUT2D eigenvalue weighted by Gasteiger charge is 2.29. The van der Waals surface area contributed by atoms with Gasteiger partial charge in [0, 0.05) is 16.7 Å². The van der Waals surface area contributed by atoms with Gasteiger partial charge >= 0.3 is 0 Å². The Morgan fingerprint density at radius 3 is 1.73 bits per heavy atom. The zero-order chi connectivity index (χ0) is 18.2. The molecule has 2 N–H and O–H groups in total. The maximum absolute atomic E-state index is 11.4. The van der Waals surface area contributed by atoms with Gasteiger partial charge in [0.25, 0.3) is 0 Å². The Morgan fingerprint density at radius 2 is 1.23 bits per heavy atom. The lowest BCUT2D eigenvalue weighted by molar-refractivity contribution is -0.886. The molecule has 0 fully saturated rings. The highest BCUT2D eigenvalue weighted by atomic mass is 16.3. The molecule has 3 aromatic rings. The van der Waals surface area contributed by atoms with Crippen LogP contribution in [0.2, 0.25) is 0 Å². The number of rotatable bonds is 5. The molecule has 3 aromatic carbocycles. The zero-order valence-corrected chi connectivity index (χ0v) is 15.0. The zero-order valence-electron chi connectivity index (χ0n) is 15.0. The van der Waals surface area contributed by atoms with Gasteiger partial charge in [0.15, 0.2) is 5.60 Å². The van der Waals surface area contributed by atoms with Crippen molar-refractivity contribution < 1.29 is 10.0 Å². The molecule has 0 radical (unpaired) electrons. The quantitative estimate of drug-likeness (QED) is 0.685. The number of aliphatic hydroxyl groups is 1. The first-order valence-electron chi connectivity index (χ1n) is 8.87. The molecule has 2 heteroatoms. The molecule has 0 aromatic heterocycles. The lowest BCUT2D eigenvalue weighted by atomic mass is 9.87. The van der Waals surface area contributed by atoms with E-state index in [1.807, 2.05) is 66.7 Å². The van der Waals surface area contributed by atoms with Gasteiger partial charge in [0.2, 0.25) is 0 Å². The van der Waals surface area contributed by atoms with Gasteiger partial charge in [-0.05, 0) is 5.92 Å². The van der Waals surface area contributed by atoms with Crippen molar-refractivity contribution in [3.05, 3.63) is 108 Å². The van der Waals surface area contributed by atoms with Gasteiger partial charge in [-0.3, -0.25) is 0 Å². The average Bonchev–Trinajstić information content (AvgIpc) is 2.70. The molecule has 0 amide bonds. The smallest absolute Gasteiger partial charge is 0.177 e. The minimum absolute atomic E-state index is 0.664. The third kappa shape index (κ3) is 4.40. The summed E-state index contributed by atoms with van der Waals surface area (Å²) in [6.45, 7) is 1.57. The van der Waals surface area contributed by atoms with Crippen molar-refractivity contribution in [1.82, 2.24) is 0 Å². The molecule has 0 saturated heterocycles. The predicted molar refractivity (Wildman–Crippen MR) is 106 cm³/mol. The fraction of sp³-hybridized carbons (Fsp3) is 0.167. The van der Waals surface area contributed by atoms with E-state index in [1.165, 1.54) is 10.5 Å². The third-order valence-corrected chi connectivity index (χ3v) is 4.39. The van der Waals surface area contributed by atoms with E-state index < -0.39 is 5.60 Å². The van der Waals surface area contributed by atoms with Crippen LogP contribution in [0.5, 0.6) is 0 Å². The second-order valence-corrected chi connectivity index (χ2v) is 6.54. The van der Waals surface area contributed by atoms with Crippen LogP contribution in [0.15, 0.2) is 91.0 Å². The predicted octanol–water partition coefficient (Wildman–Crippen LogP) is 2.64. The molecule has 3 rings (SSSR count). The van der Waals surface area contributed by atoms with E-state index in [9.17, 15) is 5.11 Å². The van der Waals surface area contributed by atoms with Crippen LogP contribution in [0.3, 0.4) is 0 Å². The second-order valence-electron chi connectivity index (χ2n) is 6.54. The summed E-state index contributed by atoms with van der Waals surface area (Å²) < 4.78 is 0. The summed E-state index contributed by atoms with van der Waals surface area (Å²) in [6, 6.07) is 29.7. The van der Waals surface area contributed by atoms with Gasteiger partial charge in [-0.2, -0.15) is 0 Å². The van der Waals surface area contributed by atoms with E-state index in [0.717, 1.165) is 17.7 Å². The Hall–Kier alpha value is -2.86. The Labute approximate surface area is 155 Å². The molecule has 0 spiro atoms. The summed E-state index contributed by atoms with van der Waals surface area (Å²) in [6.07, 6.45) is 0. The van der Waals surface area contributed by atoms with Crippen molar-refractivity contribution >= 4 is 0 Å². The van der Waals surface area contributed by atoms with Crippen LogP contribution >= 0.6 is 0 Å². The van der Waals surface area contributed by atoms with Gasteiger partial charge in [0.05, 0.1) is 7.05 Å². The molecule has 0 aliphatic carbocycles. The minimum atomic E-state index is -1.30. The first-order valence-corrected chi connectivity index (χ1v) is 8.87. The van der Waals surface area contributed by atoms with Crippen molar-refractivity contribution in [1.29, 1.82) is 0 Å².